The number of nitrogens with one attached hydrogen (secondary N) is 2. The minimum Gasteiger partial charge on any atom is -0.383 e. The number of hydrogen-bond acceptors (Lipinski definition) is 5. The predicted molar refractivity (Wildman–Crippen MR) is 76.9 cm³/mol. The third kappa shape index (κ3) is 4.22. The summed E-state index contributed by atoms with van der Waals surface area (Å²) >= 11 is 0. The molecule has 0 radical (unpaired) electrons. The first-order valence-corrected chi connectivity index (χ1v) is 6.17. The van der Waals surface area contributed by atoms with Gasteiger partial charge in [0.25, 0.3) is 0 Å². The van der Waals surface area contributed by atoms with E-state index in [0.29, 0.717) is 12.6 Å². The van der Waals surface area contributed by atoms with Gasteiger partial charge in [0.2, 0.25) is 5.95 Å². The van der Waals surface area contributed by atoms with E-state index >= 15 is 0 Å². The summed E-state index contributed by atoms with van der Waals surface area (Å²) < 4.78 is 4.98. The van der Waals surface area contributed by atoms with Crippen molar-refractivity contribution >= 4 is 17.5 Å². The number of aryl methyl sites for hydroxylation is 1. The molecule has 2 aromatic rings. The summed E-state index contributed by atoms with van der Waals surface area (Å²) in [5, 5.41) is 6.35. The highest BCUT2D eigenvalue weighted by Crippen LogP contribution is 2.15. The summed E-state index contributed by atoms with van der Waals surface area (Å²) in [7, 11) is 1.67. The fourth-order valence-electron chi connectivity index (χ4n) is 1.65. The van der Waals surface area contributed by atoms with Crippen molar-refractivity contribution in [2.24, 2.45) is 0 Å². The van der Waals surface area contributed by atoms with Crippen LogP contribution in [0.25, 0.3) is 0 Å². The Morgan fingerprint density at radius 1 is 1.26 bits per heavy atom. The standard InChI is InChI=1S/C14H18N4O/c1-11-4-3-5-12(10-11)17-14-16-7-6-13(18-14)15-8-9-19-2/h3-7,10H,8-9H2,1-2H3,(H2,15,16,17,18). The third-order valence-corrected chi connectivity index (χ3v) is 2.54. The maximum absolute atomic E-state index is 4.98. The fourth-order valence-corrected chi connectivity index (χ4v) is 1.65. The number of hydrogen-bond donors (Lipinski definition) is 2. The Bertz CT molecular complexity index is 530. The Balaban J connectivity index is 2.02. The normalized spacial score (nSPS) is 10.2. The first kappa shape index (κ1) is 13.3. The Labute approximate surface area is 113 Å². The van der Waals surface area contributed by atoms with Crippen LogP contribution in [0.15, 0.2) is 36.5 Å². The molecule has 0 aliphatic heterocycles. The number of methoxy groups -OCH3 is 1. The summed E-state index contributed by atoms with van der Waals surface area (Å²) in [6, 6.07) is 9.92. The largest absolute Gasteiger partial charge is 0.383 e. The van der Waals surface area contributed by atoms with Crippen molar-refractivity contribution in [2.45, 2.75) is 6.92 Å². The highest BCUT2D eigenvalue weighted by molar-refractivity contribution is 5.55. The van der Waals surface area contributed by atoms with Crippen LogP contribution in [0.1, 0.15) is 5.56 Å². The molecule has 0 aliphatic carbocycles. The monoisotopic (exact) mass is 258 g/mol. The lowest BCUT2D eigenvalue weighted by molar-refractivity contribution is 0.210. The van der Waals surface area contributed by atoms with Crippen LogP contribution >= 0.6 is 0 Å². The molecule has 1 aromatic carbocycles. The molecule has 0 saturated carbocycles. The van der Waals surface area contributed by atoms with Gasteiger partial charge in [-0.05, 0) is 30.7 Å². The molecule has 0 unspecified atom stereocenters. The molecule has 5 nitrogen and oxygen atoms in total. The van der Waals surface area contributed by atoms with Crippen LogP contribution in [0, 0.1) is 6.92 Å². The molecule has 0 saturated heterocycles. The van der Waals surface area contributed by atoms with Crippen molar-refractivity contribution in [3.05, 3.63) is 42.1 Å². The van der Waals surface area contributed by atoms with Crippen LogP contribution in [0.3, 0.4) is 0 Å². The number of ether oxygens (including phenoxy) is 1. The van der Waals surface area contributed by atoms with E-state index in [2.05, 4.69) is 33.6 Å². The van der Waals surface area contributed by atoms with Crippen molar-refractivity contribution in [2.75, 3.05) is 30.9 Å². The highest BCUT2D eigenvalue weighted by atomic mass is 16.5. The molecule has 1 aromatic heterocycles. The molecule has 2 rings (SSSR count). The first-order chi connectivity index (χ1) is 9.28. The van der Waals surface area contributed by atoms with Crippen molar-refractivity contribution < 1.29 is 4.74 Å². The quantitative estimate of drug-likeness (QED) is 0.780. The van der Waals surface area contributed by atoms with Crippen LogP contribution < -0.4 is 10.6 Å². The summed E-state index contributed by atoms with van der Waals surface area (Å²) in [4.78, 5) is 8.58. The van der Waals surface area contributed by atoms with Gasteiger partial charge in [-0.1, -0.05) is 12.1 Å². The number of rotatable bonds is 6. The van der Waals surface area contributed by atoms with E-state index in [0.717, 1.165) is 18.1 Å². The van der Waals surface area contributed by atoms with Gasteiger partial charge in [0, 0.05) is 25.5 Å². The first-order valence-electron chi connectivity index (χ1n) is 6.17. The van der Waals surface area contributed by atoms with Gasteiger partial charge in [-0.25, -0.2) is 4.98 Å². The zero-order valence-corrected chi connectivity index (χ0v) is 11.2. The lowest BCUT2D eigenvalue weighted by Gasteiger charge is -2.08. The molecule has 19 heavy (non-hydrogen) atoms. The number of benzene rings is 1. The average Bonchev–Trinajstić information content (AvgIpc) is 2.39. The van der Waals surface area contributed by atoms with Crippen molar-refractivity contribution in [1.82, 2.24) is 9.97 Å². The zero-order chi connectivity index (χ0) is 13.5. The molecule has 0 spiro atoms. The van der Waals surface area contributed by atoms with Gasteiger partial charge in [0.05, 0.1) is 6.61 Å². The van der Waals surface area contributed by atoms with E-state index in [9.17, 15) is 0 Å². The molecular weight excluding hydrogens is 240 g/mol. The molecule has 0 atom stereocenters. The zero-order valence-electron chi connectivity index (χ0n) is 11.2. The third-order valence-electron chi connectivity index (χ3n) is 2.54. The minimum absolute atomic E-state index is 0.577. The summed E-state index contributed by atoms with van der Waals surface area (Å²) in [6.45, 7) is 3.41. The van der Waals surface area contributed by atoms with Gasteiger partial charge in [0.15, 0.2) is 0 Å². The average molecular weight is 258 g/mol. The predicted octanol–water partition coefficient (Wildman–Crippen LogP) is 2.59. The Kier molecular flexibility index (Phi) is 4.69. The van der Waals surface area contributed by atoms with E-state index in [1.165, 1.54) is 5.56 Å². The number of aromatic nitrogens is 2. The van der Waals surface area contributed by atoms with E-state index in [-0.39, 0.29) is 0 Å². The fraction of sp³-hybridized carbons (Fsp3) is 0.286. The van der Waals surface area contributed by atoms with Gasteiger partial charge in [-0.2, -0.15) is 4.98 Å². The maximum atomic E-state index is 4.98. The van der Waals surface area contributed by atoms with E-state index < -0.39 is 0 Å². The lowest BCUT2D eigenvalue weighted by atomic mass is 10.2. The van der Waals surface area contributed by atoms with Crippen LogP contribution in [0.5, 0.6) is 0 Å². The van der Waals surface area contributed by atoms with Gasteiger partial charge in [-0.3, -0.25) is 0 Å². The molecule has 0 fully saturated rings. The molecular formula is C14H18N4O. The molecule has 2 N–H and O–H groups in total. The second-order valence-electron chi connectivity index (χ2n) is 4.18. The van der Waals surface area contributed by atoms with Crippen LogP contribution in [-0.4, -0.2) is 30.2 Å². The molecule has 100 valence electrons. The Morgan fingerprint density at radius 2 is 2.16 bits per heavy atom. The summed E-state index contributed by atoms with van der Waals surface area (Å²) in [5.41, 5.74) is 2.17. The molecule has 0 bridgehead atoms. The summed E-state index contributed by atoms with van der Waals surface area (Å²) in [5.74, 6) is 1.36. The second kappa shape index (κ2) is 6.70. The summed E-state index contributed by atoms with van der Waals surface area (Å²) in [6.07, 6.45) is 1.72. The van der Waals surface area contributed by atoms with Gasteiger partial charge >= 0.3 is 0 Å². The minimum atomic E-state index is 0.577. The SMILES string of the molecule is COCCNc1ccnc(Nc2cccc(C)c2)n1. The van der Waals surface area contributed by atoms with Crippen LogP contribution in [-0.2, 0) is 4.74 Å². The number of nitrogens with zero attached hydrogens (tertiary/aromatic N) is 2. The van der Waals surface area contributed by atoms with E-state index in [1.807, 2.05) is 24.3 Å². The van der Waals surface area contributed by atoms with Gasteiger partial charge < -0.3 is 15.4 Å². The molecule has 5 heteroatoms. The van der Waals surface area contributed by atoms with E-state index in [4.69, 9.17) is 4.74 Å². The Hall–Kier alpha value is -2.14. The molecule has 0 aliphatic rings. The van der Waals surface area contributed by atoms with Crippen LogP contribution in [0.4, 0.5) is 17.5 Å². The topological polar surface area (TPSA) is 59.1 Å². The molecule has 1 heterocycles. The second-order valence-corrected chi connectivity index (χ2v) is 4.18. The van der Waals surface area contributed by atoms with Crippen molar-refractivity contribution in [3.63, 3.8) is 0 Å². The lowest BCUT2D eigenvalue weighted by Crippen LogP contribution is -2.09. The van der Waals surface area contributed by atoms with Crippen molar-refractivity contribution in [1.29, 1.82) is 0 Å². The van der Waals surface area contributed by atoms with Gasteiger partial charge in [-0.15, -0.1) is 0 Å². The van der Waals surface area contributed by atoms with Gasteiger partial charge in [0.1, 0.15) is 5.82 Å². The highest BCUT2D eigenvalue weighted by Gasteiger charge is 2.00. The Morgan fingerprint density at radius 3 is 2.95 bits per heavy atom. The van der Waals surface area contributed by atoms with Crippen molar-refractivity contribution in [3.8, 4) is 0 Å². The molecule has 0 amide bonds. The smallest absolute Gasteiger partial charge is 0.229 e. The maximum Gasteiger partial charge on any atom is 0.229 e. The van der Waals surface area contributed by atoms with E-state index in [1.54, 1.807) is 13.3 Å². The van der Waals surface area contributed by atoms with Crippen LogP contribution in [0.2, 0.25) is 0 Å². The number of anilines is 3.